The fourth-order valence-electron chi connectivity index (χ4n) is 2.44. The molecule has 0 bridgehead atoms. The second kappa shape index (κ2) is 13.0. The maximum absolute atomic E-state index is 2.71. The molecule has 1 fully saturated rings. The van der Waals surface area contributed by atoms with Crippen LogP contribution in [0.4, 0.5) is 0 Å². The van der Waals surface area contributed by atoms with Gasteiger partial charge in [0.05, 0.1) is 0 Å². The number of likely N-dealkylation sites (tertiary alicyclic amines) is 1. The average Bonchev–Trinajstić information content (AvgIpc) is 2.37. The van der Waals surface area contributed by atoms with Crippen LogP contribution in [0.3, 0.4) is 0 Å². The largest absolute Gasteiger partial charge is 0.298 e. The maximum atomic E-state index is 2.71. The summed E-state index contributed by atoms with van der Waals surface area (Å²) < 4.78 is 0. The summed E-state index contributed by atoms with van der Waals surface area (Å²) in [5.74, 6) is 0. The fraction of sp³-hybridized carbons (Fsp3) is 1.00. The maximum Gasteiger partial charge on any atom is 0.00954 e. The third-order valence-electron chi connectivity index (χ3n) is 3.15. The molecule has 0 aromatic carbocycles. The van der Waals surface area contributed by atoms with Gasteiger partial charge in [0.25, 0.3) is 0 Å². The van der Waals surface area contributed by atoms with E-state index in [0.717, 1.165) is 12.1 Å². The molecule has 1 rings (SSSR count). The van der Waals surface area contributed by atoms with Crippen LogP contribution < -0.4 is 0 Å². The van der Waals surface area contributed by atoms with Gasteiger partial charge in [-0.05, 0) is 39.2 Å². The van der Waals surface area contributed by atoms with E-state index in [-0.39, 0.29) is 0 Å². The minimum absolute atomic E-state index is 0.837. The van der Waals surface area contributed by atoms with Gasteiger partial charge in [0.15, 0.2) is 0 Å². The lowest BCUT2D eigenvalue weighted by atomic mass is 9.95. The van der Waals surface area contributed by atoms with E-state index in [1.54, 1.807) is 0 Å². The Balaban J connectivity index is 0. The topological polar surface area (TPSA) is 3.24 Å². The van der Waals surface area contributed by atoms with Crippen molar-refractivity contribution in [2.75, 3.05) is 6.54 Å². The number of rotatable bonds is 3. The minimum Gasteiger partial charge on any atom is -0.298 e. The highest BCUT2D eigenvalue weighted by Gasteiger charge is 2.25. The van der Waals surface area contributed by atoms with Crippen molar-refractivity contribution < 1.29 is 0 Å². The molecular formula is C15H35N. The molecule has 0 N–H and O–H groups in total. The van der Waals surface area contributed by atoms with Gasteiger partial charge in [0.2, 0.25) is 0 Å². The second-order valence-electron chi connectivity index (χ2n) is 4.08. The Morgan fingerprint density at radius 3 is 2.00 bits per heavy atom. The summed E-state index contributed by atoms with van der Waals surface area (Å²) in [7, 11) is 0. The van der Waals surface area contributed by atoms with Crippen molar-refractivity contribution in [3.8, 4) is 0 Å². The first-order chi connectivity index (χ1) is 7.79. The lowest BCUT2D eigenvalue weighted by molar-refractivity contribution is 0.0903. The Kier molecular flexibility index (Phi) is 14.9. The molecule has 100 valence electrons. The lowest BCUT2D eigenvalue weighted by Gasteiger charge is -2.40. The van der Waals surface area contributed by atoms with Crippen LogP contribution in [0, 0.1) is 0 Å². The fourth-order valence-corrected chi connectivity index (χ4v) is 2.44. The normalized spacial score (nSPS) is 24.9. The monoisotopic (exact) mass is 229 g/mol. The van der Waals surface area contributed by atoms with Gasteiger partial charge in [0.1, 0.15) is 0 Å². The molecule has 1 aliphatic heterocycles. The van der Waals surface area contributed by atoms with Crippen molar-refractivity contribution in [1.82, 2.24) is 4.90 Å². The summed E-state index contributed by atoms with van der Waals surface area (Å²) in [4.78, 5) is 2.71. The van der Waals surface area contributed by atoms with E-state index in [1.807, 2.05) is 27.7 Å². The molecule has 0 radical (unpaired) electrons. The molecule has 1 heterocycles. The van der Waals surface area contributed by atoms with Gasteiger partial charge < -0.3 is 0 Å². The third kappa shape index (κ3) is 6.52. The molecule has 2 atom stereocenters. The molecule has 1 aliphatic rings. The number of hydrogen-bond acceptors (Lipinski definition) is 1. The van der Waals surface area contributed by atoms with Gasteiger partial charge in [-0.1, -0.05) is 48.0 Å². The Labute approximate surface area is 105 Å². The lowest BCUT2D eigenvalue weighted by Crippen LogP contribution is -2.45. The van der Waals surface area contributed by atoms with Crippen molar-refractivity contribution in [1.29, 1.82) is 0 Å². The van der Waals surface area contributed by atoms with Crippen LogP contribution in [-0.4, -0.2) is 23.5 Å². The van der Waals surface area contributed by atoms with Crippen LogP contribution >= 0.6 is 0 Å². The summed E-state index contributed by atoms with van der Waals surface area (Å²) in [5.41, 5.74) is 0. The van der Waals surface area contributed by atoms with Crippen LogP contribution in [0.15, 0.2) is 0 Å². The van der Waals surface area contributed by atoms with E-state index < -0.39 is 0 Å². The SMILES string of the molecule is CC.CC.CCCN1C(C)CCCC1CC. The second-order valence-corrected chi connectivity index (χ2v) is 4.08. The summed E-state index contributed by atoms with van der Waals surface area (Å²) in [6.45, 7) is 16.3. The van der Waals surface area contributed by atoms with E-state index in [9.17, 15) is 0 Å². The van der Waals surface area contributed by atoms with E-state index in [4.69, 9.17) is 0 Å². The van der Waals surface area contributed by atoms with Crippen molar-refractivity contribution in [2.45, 2.75) is 92.7 Å². The first kappa shape index (κ1) is 18.3. The molecule has 0 saturated carbocycles. The third-order valence-corrected chi connectivity index (χ3v) is 3.15. The van der Waals surface area contributed by atoms with Crippen LogP contribution in [-0.2, 0) is 0 Å². The van der Waals surface area contributed by atoms with E-state index in [1.165, 1.54) is 38.6 Å². The summed E-state index contributed by atoms with van der Waals surface area (Å²) in [6, 6.07) is 1.72. The molecule has 1 nitrogen and oxygen atoms in total. The van der Waals surface area contributed by atoms with Crippen LogP contribution in [0.1, 0.15) is 80.6 Å². The van der Waals surface area contributed by atoms with E-state index >= 15 is 0 Å². The minimum atomic E-state index is 0.837. The first-order valence-electron chi connectivity index (χ1n) is 7.55. The number of hydrogen-bond donors (Lipinski definition) is 0. The van der Waals surface area contributed by atoms with Crippen molar-refractivity contribution in [3.63, 3.8) is 0 Å². The molecule has 1 heteroatoms. The summed E-state index contributed by atoms with van der Waals surface area (Å²) in [6.07, 6.45) is 6.93. The Morgan fingerprint density at radius 1 is 1.00 bits per heavy atom. The van der Waals surface area contributed by atoms with Gasteiger partial charge >= 0.3 is 0 Å². The molecule has 1 saturated heterocycles. The number of piperidine rings is 1. The Bertz CT molecular complexity index is 123. The number of nitrogens with zero attached hydrogens (tertiary/aromatic N) is 1. The van der Waals surface area contributed by atoms with Crippen molar-refractivity contribution in [2.24, 2.45) is 0 Å². The highest BCUT2D eigenvalue weighted by atomic mass is 15.2. The molecule has 16 heavy (non-hydrogen) atoms. The first-order valence-corrected chi connectivity index (χ1v) is 7.55. The van der Waals surface area contributed by atoms with E-state index in [2.05, 4.69) is 25.7 Å². The molecule has 0 aromatic rings. The average molecular weight is 229 g/mol. The highest BCUT2D eigenvalue weighted by molar-refractivity contribution is 4.80. The van der Waals surface area contributed by atoms with Crippen molar-refractivity contribution >= 4 is 0 Å². The van der Waals surface area contributed by atoms with E-state index in [0.29, 0.717) is 0 Å². The summed E-state index contributed by atoms with van der Waals surface area (Å²) >= 11 is 0. The quantitative estimate of drug-likeness (QED) is 0.650. The molecule has 0 amide bonds. The van der Waals surface area contributed by atoms with Gasteiger partial charge in [-0.15, -0.1) is 0 Å². The molecular weight excluding hydrogens is 194 g/mol. The predicted octanol–water partition coefficient (Wildman–Crippen LogP) is 5.10. The Morgan fingerprint density at radius 2 is 1.56 bits per heavy atom. The van der Waals surface area contributed by atoms with Gasteiger partial charge in [0, 0.05) is 12.1 Å². The van der Waals surface area contributed by atoms with Gasteiger partial charge in [-0.2, -0.15) is 0 Å². The van der Waals surface area contributed by atoms with Crippen LogP contribution in [0.25, 0.3) is 0 Å². The van der Waals surface area contributed by atoms with Gasteiger partial charge in [-0.3, -0.25) is 4.90 Å². The predicted molar refractivity (Wildman–Crippen MR) is 77.1 cm³/mol. The summed E-state index contributed by atoms with van der Waals surface area (Å²) in [5, 5.41) is 0. The zero-order valence-electron chi connectivity index (χ0n) is 12.8. The molecule has 0 aliphatic carbocycles. The van der Waals surface area contributed by atoms with Crippen molar-refractivity contribution in [3.05, 3.63) is 0 Å². The zero-order chi connectivity index (χ0) is 13.0. The molecule has 0 spiro atoms. The van der Waals surface area contributed by atoms with Crippen LogP contribution in [0.5, 0.6) is 0 Å². The smallest absolute Gasteiger partial charge is 0.00954 e. The standard InChI is InChI=1S/C11H23N.2C2H6/c1-4-9-12-10(3)7-6-8-11(12)5-2;2*1-2/h10-11H,4-9H2,1-3H3;2*1-2H3. The van der Waals surface area contributed by atoms with Gasteiger partial charge in [-0.25, -0.2) is 0 Å². The highest BCUT2D eigenvalue weighted by Crippen LogP contribution is 2.24. The molecule has 2 unspecified atom stereocenters. The molecule has 0 aromatic heterocycles. The zero-order valence-corrected chi connectivity index (χ0v) is 12.8. The van der Waals surface area contributed by atoms with Crippen LogP contribution in [0.2, 0.25) is 0 Å². The Hall–Kier alpha value is -0.0400.